The van der Waals surface area contributed by atoms with E-state index in [2.05, 4.69) is 325 Å². The van der Waals surface area contributed by atoms with Gasteiger partial charge < -0.3 is 9.80 Å². The van der Waals surface area contributed by atoms with Crippen molar-refractivity contribution in [3.05, 3.63) is 315 Å². The van der Waals surface area contributed by atoms with E-state index in [1.54, 1.807) is 0 Å². The molecule has 0 fully saturated rings. The van der Waals surface area contributed by atoms with Gasteiger partial charge in [0, 0.05) is 73.1 Å². The average Bonchev–Trinajstić information content (AvgIpc) is 4.48. The number of anilines is 6. The Balaban J connectivity index is 0.764. The predicted molar refractivity (Wildman–Crippen MR) is 356 cm³/mol. The van der Waals surface area contributed by atoms with Crippen molar-refractivity contribution < 1.29 is 0 Å². The van der Waals surface area contributed by atoms with Crippen LogP contribution in [0.25, 0.3) is 94.7 Å². The minimum Gasteiger partial charge on any atom is -0.311 e. The third-order valence-corrected chi connectivity index (χ3v) is 19.6. The molecule has 0 bridgehead atoms. The number of hydrogen-bond donors (Lipinski definition) is 0. The van der Waals surface area contributed by atoms with E-state index in [4.69, 9.17) is 0 Å². The van der Waals surface area contributed by atoms with Crippen LogP contribution in [0.15, 0.2) is 315 Å². The molecule has 390 valence electrons. The summed E-state index contributed by atoms with van der Waals surface area (Å²) in [7, 11) is 0. The monoisotopic (exact) mass is 1120 g/mol. The molecule has 0 aliphatic heterocycles. The van der Waals surface area contributed by atoms with Crippen molar-refractivity contribution in [1.82, 2.24) is 0 Å². The van der Waals surface area contributed by atoms with E-state index >= 15 is 0 Å². The summed E-state index contributed by atoms with van der Waals surface area (Å²) in [6.07, 6.45) is 0. The lowest BCUT2D eigenvalue weighted by Crippen LogP contribution is -2.10. The van der Waals surface area contributed by atoms with Crippen LogP contribution in [0, 0.1) is 0 Å². The molecule has 14 rings (SSSR count). The summed E-state index contributed by atoms with van der Waals surface area (Å²) in [5.41, 5.74) is 18.6. The first kappa shape index (κ1) is 50.8. The first-order valence-electron chi connectivity index (χ1n) is 27.4. The fourth-order valence-corrected chi connectivity index (χ4v) is 14.7. The normalized spacial score (nSPS) is 11.2. The first-order valence-corrected chi connectivity index (χ1v) is 30.7. The Morgan fingerprint density at radius 1 is 0.134 bits per heavy atom. The molecule has 0 aliphatic carbocycles. The maximum Gasteiger partial charge on any atom is 0.0462 e. The van der Waals surface area contributed by atoms with Crippen LogP contribution >= 0.6 is 45.3 Å². The van der Waals surface area contributed by atoms with Gasteiger partial charge in [0.15, 0.2) is 0 Å². The van der Waals surface area contributed by atoms with Crippen molar-refractivity contribution in [1.29, 1.82) is 0 Å². The lowest BCUT2D eigenvalue weighted by molar-refractivity contribution is 1.28. The number of rotatable bonds is 15. The molecule has 0 N–H and O–H groups in total. The maximum atomic E-state index is 2.36. The minimum absolute atomic E-state index is 1.08. The second-order valence-corrected chi connectivity index (χ2v) is 24.4. The van der Waals surface area contributed by atoms with E-state index in [-0.39, 0.29) is 0 Å². The Labute approximate surface area is 495 Å². The highest BCUT2D eigenvalue weighted by atomic mass is 32.1. The standard InChI is InChI=1S/C76H52N2S4/c1-5-13-55(14-6-1)69-45-49-73(79-69)59-25-37-65(38-26-59)77(66-39-27-60(28-40-66)74-50-46-70(80-74)56-15-7-2-8-16-56)63-33-21-53(22-34-63)54-23-35-64(36-24-54)78(67-41-29-61(30-42-67)75-51-47-71(81-75)57-17-9-3-10-18-57)68-43-31-62(32-44-68)76-52-48-72(82-76)58-19-11-4-12-20-58/h1-52H. The van der Waals surface area contributed by atoms with E-state index in [1.165, 1.54) is 83.5 Å². The van der Waals surface area contributed by atoms with E-state index in [9.17, 15) is 0 Å². The average molecular weight is 1120 g/mol. The Hall–Kier alpha value is -9.40. The zero-order valence-electron chi connectivity index (χ0n) is 44.5. The van der Waals surface area contributed by atoms with Crippen molar-refractivity contribution in [3.8, 4) is 94.7 Å². The summed E-state index contributed by atoms with van der Waals surface area (Å²) in [6.45, 7) is 0. The van der Waals surface area contributed by atoms with Crippen LogP contribution < -0.4 is 9.80 Å². The Morgan fingerprint density at radius 3 is 0.451 bits per heavy atom. The summed E-state index contributed by atoms with van der Waals surface area (Å²) >= 11 is 7.32. The van der Waals surface area contributed by atoms with Crippen LogP contribution in [0.4, 0.5) is 34.1 Å². The van der Waals surface area contributed by atoms with Gasteiger partial charge in [-0.1, -0.05) is 194 Å². The van der Waals surface area contributed by atoms with Gasteiger partial charge in [-0.25, -0.2) is 0 Å². The predicted octanol–water partition coefficient (Wildman–Crippen LogP) is 23.9. The molecular weight excluding hydrogens is 1070 g/mol. The van der Waals surface area contributed by atoms with Gasteiger partial charge in [-0.15, -0.1) is 45.3 Å². The topological polar surface area (TPSA) is 6.48 Å². The summed E-state index contributed by atoms with van der Waals surface area (Å²) in [5.74, 6) is 0. The zero-order chi connectivity index (χ0) is 54.6. The molecule has 0 saturated carbocycles. The summed E-state index contributed by atoms with van der Waals surface area (Å²) < 4.78 is 0. The zero-order valence-corrected chi connectivity index (χ0v) is 47.8. The molecule has 4 heterocycles. The van der Waals surface area contributed by atoms with Crippen molar-refractivity contribution in [2.75, 3.05) is 9.80 Å². The van der Waals surface area contributed by atoms with Crippen LogP contribution in [0.5, 0.6) is 0 Å². The lowest BCUT2D eigenvalue weighted by atomic mass is 10.0. The third kappa shape index (κ3) is 10.7. The molecule has 6 heteroatoms. The number of thiophene rings is 4. The van der Waals surface area contributed by atoms with Gasteiger partial charge in [0.25, 0.3) is 0 Å². The Bertz CT molecular complexity index is 3840. The molecule has 10 aromatic carbocycles. The van der Waals surface area contributed by atoms with E-state index in [1.807, 2.05) is 45.3 Å². The highest BCUT2D eigenvalue weighted by Gasteiger charge is 2.18. The molecule has 0 radical (unpaired) electrons. The molecule has 0 atom stereocenters. The molecule has 4 aromatic heterocycles. The summed E-state index contributed by atoms with van der Waals surface area (Å²) in [4.78, 5) is 14.8. The Morgan fingerprint density at radius 2 is 0.280 bits per heavy atom. The van der Waals surface area contributed by atoms with Crippen molar-refractivity contribution in [3.63, 3.8) is 0 Å². The minimum atomic E-state index is 1.08. The van der Waals surface area contributed by atoms with Gasteiger partial charge in [0.1, 0.15) is 0 Å². The molecule has 14 aromatic rings. The van der Waals surface area contributed by atoms with Crippen LogP contribution in [-0.2, 0) is 0 Å². The van der Waals surface area contributed by atoms with Crippen LogP contribution in [0.2, 0.25) is 0 Å². The summed E-state index contributed by atoms with van der Waals surface area (Å²) in [5, 5.41) is 0. The van der Waals surface area contributed by atoms with Crippen LogP contribution in [0.3, 0.4) is 0 Å². The second-order valence-electron chi connectivity index (χ2n) is 20.1. The molecule has 82 heavy (non-hydrogen) atoms. The molecule has 0 unspecified atom stereocenters. The van der Waals surface area contributed by atoms with E-state index < -0.39 is 0 Å². The Kier molecular flexibility index (Phi) is 14.2. The second kappa shape index (κ2) is 23.0. The van der Waals surface area contributed by atoms with Crippen molar-refractivity contribution in [2.24, 2.45) is 0 Å². The highest BCUT2D eigenvalue weighted by molar-refractivity contribution is 7.20. The maximum absolute atomic E-state index is 2.36. The van der Waals surface area contributed by atoms with E-state index in [0.29, 0.717) is 0 Å². The molecule has 0 aliphatic rings. The molecule has 0 spiro atoms. The smallest absolute Gasteiger partial charge is 0.0462 e. The van der Waals surface area contributed by atoms with E-state index in [0.717, 1.165) is 45.3 Å². The van der Waals surface area contributed by atoms with Crippen LogP contribution in [0.1, 0.15) is 0 Å². The molecule has 0 amide bonds. The first-order chi connectivity index (χ1) is 40.6. The number of benzene rings is 10. The van der Waals surface area contributed by atoms with Gasteiger partial charge >= 0.3 is 0 Å². The van der Waals surface area contributed by atoms with Gasteiger partial charge in [0.2, 0.25) is 0 Å². The quantitative estimate of drug-likeness (QED) is 0.101. The summed E-state index contributed by atoms with van der Waals surface area (Å²) in [6, 6.07) is 115. The fourth-order valence-electron chi connectivity index (χ4n) is 10.6. The highest BCUT2D eigenvalue weighted by Crippen LogP contribution is 2.44. The van der Waals surface area contributed by atoms with Crippen LogP contribution in [-0.4, -0.2) is 0 Å². The van der Waals surface area contributed by atoms with Gasteiger partial charge in [-0.05, 0) is 177 Å². The molecule has 2 nitrogen and oxygen atoms in total. The molecule has 0 saturated heterocycles. The van der Waals surface area contributed by atoms with Crippen molar-refractivity contribution >= 4 is 79.5 Å². The van der Waals surface area contributed by atoms with Crippen molar-refractivity contribution in [2.45, 2.75) is 0 Å². The number of hydrogen-bond acceptors (Lipinski definition) is 6. The SMILES string of the molecule is c1ccc(-c2ccc(-c3ccc(N(c4ccc(-c5ccc(N(c6ccc(-c7ccc(-c8ccccc8)s7)cc6)c6ccc(-c7ccc(-c8ccccc8)s7)cc6)cc5)cc4)c4ccc(-c5ccc(-c6ccccc6)s5)cc4)cc3)s2)cc1. The molecular formula is C76H52N2S4. The third-order valence-electron chi connectivity index (χ3n) is 14.9. The number of nitrogens with zero attached hydrogens (tertiary/aromatic N) is 2. The van der Waals surface area contributed by atoms with Gasteiger partial charge in [-0.2, -0.15) is 0 Å². The lowest BCUT2D eigenvalue weighted by Gasteiger charge is -2.26. The van der Waals surface area contributed by atoms with Gasteiger partial charge in [0.05, 0.1) is 0 Å². The van der Waals surface area contributed by atoms with Gasteiger partial charge in [-0.3, -0.25) is 0 Å². The fraction of sp³-hybridized carbons (Fsp3) is 0. The largest absolute Gasteiger partial charge is 0.311 e.